The average molecular weight is 254 g/mol. The van der Waals surface area contributed by atoms with Crippen molar-refractivity contribution in [2.75, 3.05) is 6.61 Å². The highest BCUT2D eigenvalue weighted by Gasteiger charge is 2.31. The van der Waals surface area contributed by atoms with Gasteiger partial charge in [0.2, 0.25) is 0 Å². The lowest BCUT2D eigenvalue weighted by Gasteiger charge is -2.11. The highest BCUT2D eigenvalue weighted by Crippen LogP contribution is 2.32. The largest absolute Gasteiger partial charge is 0.487 e. The van der Waals surface area contributed by atoms with Crippen LogP contribution in [0.15, 0.2) is 18.2 Å². The zero-order valence-electron chi connectivity index (χ0n) is 8.30. The van der Waals surface area contributed by atoms with Crippen molar-refractivity contribution in [1.29, 1.82) is 0 Å². The lowest BCUT2D eigenvalue weighted by molar-refractivity contribution is -0.137. The number of carbonyl (C=O) groups is 1. The van der Waals surface area contributed by atoms with Crippen LogP contribution in [0.3, 0.4) is 0 Å². The van der Waals surface area contributed by atoms with Gasteiger partial charge in [0.15, 0.2) is 6.29 Å². The molecule has 94 valence electrons. The van der Waals surface area contributed by atoms with Crippen molar-refractivity contribution in [3.8, 4) is 5.75 Å². The second-order valence-electron chi connectivity index (χ2n) is 3.07. The van der Waals surface area contributed by atoms with E-state index in [0.29, 0.717) is 12.1 Å². The van der Waals surface area contributed by atoms with E-state index in [1.165, 1.54) is 0 Å². The summed E-state index contributed by atoms with van der Waals surface area (Å²) in [6.45, 7) is -1.07. The van der Waals surface area contributed by atoms with Crippen molar-refractivity contribution in [2.24, 2.45) is 0 Å². The predicted molar refractivity (Wildman–Crippen MR) is 48.3 cm³/mol. The summed E-state index contributed by atoms with van der Waals surface area (Å²) < 4.78 is 65.1. The van der Waals surface area contributed by atoms with Gasteiger partial charge in [0.25, 0.3) is 6.43 Å². The van der Waals surface area contributed by atoms with Gasteiger partial charge in [0.1, 0.15) is 12.4 Å². The first-order chi connectivity index (χ1) is 7.84. The Kier molecular flexibility index (Phi) is 4.03. The quantitative estimate of drug-likeness (QED) is 0.609. The van der Waals surface area contributed by atoms with Gasteiger partial charge in [0.05, 0.1) is 11.1 Å². The van der Waals surface area contributed by atoms with Crippen molar-refractivity contribution in [3.05, 3.63) is 29.3 Å². The fourth-order valence-electron chi connectivity index (χ4n) is 1.09. The van der Waals surface area contributed by atoms with Gasteiger partial charge in [-0.15, -0.1) is 0 Å². The first-order valence-electron chi connectivity index (χ1n) is 4.42. The van der Waals surface area contributed by atoms with E-state index >= 15 is 0 Å². The van der Waals surface area contributed by atoms with Crippen LogP contribution in [-0.4, -0.2) is 19.3 Å². The summed E-state index contributed by atoms with van der Waals surface area (Å²) >= 11 is 0. The maximum absolute atomic E-state index is 12.3. The molecule has 7 heteroatoms. The van der Waals surface area contributed by atoms with E-state index < -0.39 is 30.5 Å². The zero-order valence-corrected chi connectivity index (χ0v) is 8.30. The van der Waals surface area contributed by atoms with Crippen LogP contribution in [-0.2, 0) is 6.18 Å². The van der Waals surface area contributed by atoms with Crippen LogP contribution in [0.25, 0.3) is 0 Å². The molecule has 0 aromatic heterocycles. The third-order valence-corrected chi connectivity index (χ3v) is 1.83. The van der Waals surface area contributed by atoms with Crippen LogP contribution in [0.4, 0.5) is 22.0 Å². The Bertz CT molecular complexity index is 400. The predicted octanol–water partition coefficient (Wildman–Crippen LogP) is 3.16. The average Bonchev–Trinajstić information content (AvgIpc) is 2.24. The monoisotopic (exact) mass is 254 g/mol. The molecule has 1 aromatic rings. The molecule has 0 atom stereocenters. The SMILES string of the molecule is O=Cc1ccc(C(F)(F)F)cc1OCC(F)F. The molecule has 0 unspecified atom stereocenters. The Morgan fingerprint density at radius 1 is 1.29 bits per heavy atom. The number of rotatable bonds is 4. The molecule has 0 heterocycles. The van der Waals surface area contributed by atoms with Gasteiger partial charge in [-0.2, -0.15) is 13.2 Å². The Labute approximate surface area is 93.0 Å². The summed E-state index contributed by atoms with van der Waals surface area (Å²) in [6, 6.07) is 2.07. The standard InChI is InChI=1S/C10H7F5O2/c11-9(12)5-17-8-3-7(10(13,14)15)2-1-6(8)4-16/h1-4,9H,5H2. The van der Waals surface area contributed by atoms with E-state index in [1.807, 2.05) is 0 Å². The molecule has 0 fully saturated rings. The van der Waals surface area contributed by atoms with Gasteiger partial charge in [-0.3, -0.25) is 4.79 Å². The lowest BCUT2D eigenvalue weighted by atomic mass is 10.1. The van der Waals surface area contributed by atoms with Crippen molar-refractivity contribution in [2.45, 2.75) is 12.6 Å². The summed E-state index contributed by atoms with van der Waals surface area (Å²) in [5.41, 5.74) is -1.27. The number of hydrogen-bond acceptors (Lipinski definition) is 2. The molecular formula is C10H7F5O2. The molecule has 0 amide bonds. The van der Waals surface area contributed by atoms with Crippen molar-refractivity contribution in [3.63, 3.8) is 0 Å². The van der Waals surface area contributed by atoms with Gasteiger partial charge < -0.3 is 4.74 Å². The first kappa shape index (κ1) is 13.4. The minimum absolute atomic E-state index is 0.210. The Morgan fingerprint density at radius 3 is 2.41 bits per heavy atom. The fourth-order valence-corrected chi connectivity index (χ4v) is 1.09. The van der Waals surface area contributed by atoms with E-state index in [-0.39, 0.29) is 11.8 Å². The zero-order chi connectivity index (χ0) is 13.1. The summed E-state index contributed by atoms with van der Waals surface area (Å²) in [7, 11) is 0. The molecule has 0 spiro atoms. The van der Waals surface area contributed by atoms with Gasteiger partial charge in [-0.1, -0.05) is 0 Å². The van der Waals surface area contributed by atoms with E-state index in [0.717, 1.165) is 6.07 Å². The van der Waals surface area contributed by atoms with E-state index in [1.54, 1.807) is 0 Å². The molecule has 0 aliphatic rings. The Hall–Kier alpha value is -1.66. The van der Waals surface area contributed by atoms with Crippen LogP contribution in [0.1, 0.15) is 15.9 Å². The van der Waals surface area contributed by atoms with Crippen LogP contribution in [0.5, 0.6) is 5.75 Å². The highest BCUT2D eigenvalue weighted by atomic mass is 19.4. The maximum atomic E-state index is 12.3. The second kappa shape index (κ2) is 5.11. The molecule has 1 rings (SSSR count). The fraction of sp³-hybridized carbons (Fsp3) is 0.300. The van der Waals surface area contributed by atoms with E-state index in [4.69, 9.17) is 0 Å². The van der Waals surface area contributed by atoms with Gasteiger partial charge in [0, 0.05) is 0 Å². The van der Waals surface area contributed by atoms with Crippen molar-refractivity contribution in [1.82, 2.24) is 0 Å². The number of aldehydes is 1. The lowest BCUT2D eigenvalue weighted by Crippen LogP contribution is -2.10. The summed E-state index contributed by atoms with van der Waals surface area (Å²) in [5, 5.41) is 0. The van der Waals surface area contributed by atoms with Crippen LogP contribution in [0.2, 0.25) is 0 Å². The van der Waals surface area contributed by atoms with Crippen LogP contribution >= 0.6 is 0 Å². The molecule has 0 saturated carbocycles. The molecule has 1 aromatic carbocycles. The maximum Gasteiger partial charge on any atom is 0.416 e. The van der Waals surface area contributed by atoms with Crippen LogP contribution in [0, 0.1) is 0 Å². The molecule has 0 radical (unpaired) electrons. The van der Waals surface area contributed by atoms with Crippen molar-refractivity contribution < 1.29 is 31.5 Å². The second-order valence-corrected chi connectivity index (χ2v) is 3.07. The van der Waals surface area contributed by atoms with Gasteiger partial charge >= 0.3 is 6.18 Å². The Balaban J connectivity index is 3.02. The summed E-state index contributed by atoms with van der Waals surface area (Å²) in [6.07, 6.45) is -7.21. The van der Waals surface area contributed by atoms with E-state index in [9.17, 15) is 26.7 Å². The molecule has 0 bridgehead atoms. The third-order valence-electron chi connectivity index (χ3n) is 1.83. The topological polar surface area (TPSA) is 26.3 Å². The summed E-state index contributed by atoms with van der Waals surface area (Å²) in [5.74, 6) is -0.505. The molecular weight excluding hydrogens is 247 g/mol. The summed E-state index contributed by atoms with van der Waals surface area (Å²) in [4.78, 5) is 10.5. The number of ether oxygens (including phenoxy) is 1. The molecule has 17 heavy (non-hydrogen) atoms. The minimum atomic E-state index is -4.62. The molecule has 0 saturated heterocycles. The Morgan fingerprint density at radius 2 is 1.94 bits per heavy atom. The number of benzene rings is 1. The molecule has 2 nitrogen and oxygen atoms in total. The van der Waals surface area contributed by atoms with Gasteiger partial charge in [-0.25, -0.2) is 8.78 Å². The van der Waals surface area contributed by atoms with Crippen molar-refractivity contribution >= 4 is 6.29 Å². The highest BCUT2D eigenvalue weighted by molar-refractivity contribution is 5.79. The number of hydrogen-bond donors (Lipinski definition) is 0. The smallest absolute Gasteiger partial charge is 0.416 e. The number of alkyl halides is 5. The minimum Gasteiger partial charge on any atom is -0.487 e. The number of carbonyl (C=O) groups excluding carboxylic acids is 1. The molecule has 0 aliphatic carbocycles. The third kappa shape index (κ3) is 3.69. The molecule has 0 N–H and O–H groups in total. The number of halogens is 5. The van der Waals surface area contributed by atoms with Crippen LogP contribution < -0.4 is 4.74 Å². The first-order valence-corrected chi connectivity index (χ1v) is 4.42. The van der Waals surface area contributed by atoms with E-state index in [2.05, 4.69) is 4.74 Å². The molecule has 0 aliphatic heterocycles. The van der Waals surface area contributed by atoms with Gasteiger partial charge in [-0.05, 0) is 18.2 Å². The normalized spacial score (nSPS) is 11.6.